The van der Waals surface area contributed by atoms with Crippen molar-refractivity contribution in [3.63, 3.8) is 0 Å². The number of aryl methyl sites for hydroxylation is 1. The van der Waals surface area contributed by atoms with Crippen LogP contribution >= 0.6 is 0 Å². The van der Waals surface area contributed by atoms with Gasteiger partial charge in [0.1, 0.15) is 17.3 Å². The molecule has 136 valence electrons. The van der Waals surface area contributed by atoms with E-state index in [0.29, 0.717) is 23.9 Å². The number of rotatable bonds is 4. The van der Waals surface area contributed by atoms with Crippen molar-refractivity contribution in [1.29, 1.82) is 0 Å². The molecule has 6 nitrogen and oxygen atoms in total. The van der Waals surface area contributed by atoms with E-state index in [9.17, 15) is 4.79 Å². The number of benzene rings is 1. The Bertz CT molecular complexity index is 973. The average molecular weight is 359 g/mol. The van der Waals surface area contributed by atoms with Crippen molar-refractivity contribution in [1.82, 2.24) is 15.0 Å². The SMILES string of the molecule is Cc1nc(NCc2ccccn2)cc(C(=O)N2c3ccccc3CC2C)n1. The second kappa shape index (κ2) is 7.15. The van der Waals surface area contributed by atoms with E-state index in [1.807, 2.05) is 41.3 Å². The van der Waals surface area contributed by atoms with Gasteiger partial charge in [-0.05, 0) is 44.0 Å². The van der Waals surface area contributed by atoms with Crippen LogP contribution in [0.2, 0.25) is 0 Å². The number of aromatic nitrogens is 3. The minimum Gasteiger partial charge on any atom is -0.364 e. The number of carbonyl (C=O) groups is 1. The predicted molar refractivity (Wildman–Crippen MR) is 105 cm³/mol. The molecule has 1 aliphatic heterocycles. The normalized spacial score (nSPS) is 15.5. The van der Waals surface area contributed by atoms with Crippen LogP contribution in [0, 0.1) is 6.92 Å². The summed E-state index contributed by atoms with van der Waals surface area (Å²) in [5, 5.41) is 3.23. The van der Waals surface area contributed by atoms with Gasteiger partial charge in [0, 0.05) is 24.0 Å². The molecule has 0 spiro atoms. The van der Waals surface area contributed by atoms with Gasteiger partial charge < -0.3 is 10.2 Å². The molecule has 1 unspecified atom stereocenters. The summed E-state index contributed by atoms with van der Waals surface area (Å²) < 4.78 is 0. The van der Waals surface area contributed by atoms with Crippen LogP contribution in [-0.4, -0.2) is 26.9 Å². The first-order valence-corrected chi connectivity index (χ1v) is 9.03. The summed E-state index contributed by atoms with van der Waals surface area (Å²) in [4.78, 5) is 28.1. The van der Waals surface area contributed by atoms with Gasteiger partial charge in [0.2, 0.25) is 0 Å². The molecule has 3 heterocycles. The van der Waals surface area contributed by atoms with Crippen LogP contribution in [0.1, 0.15) is 34.5 Å². The van der Waals surface area contributed by atoms with Gasteiger partial charge >= 0.3 is 0 Å². The third-order valence-corrected chi connectivity index (χ3v) is 4.66. The summed E-state index contributed by atoms with van der Waals surface area (Å²) in [6, 6.07) is 15.6. The van der Waals surface area contributed by atoms with Crippen LogP contribution in [-0.2, 0) is 13.0 Å². The van der Waals surface area contributed by atoms with E-state index in [2.05, 4.69) is 33.3 Å². The molecule has 0 aliphatic carbocycles. The highest BCUT2D eigenvalue weighted by atomic mass is 16.2. The van der Waals surface area contributed by atoms with E-state index in [4.69, 9.17) is 0 Å². The minimum absolute atomic E-state index is 0.0983. The second-order valence-corrected chi connectivity index (χ2v) is 6.72. The van der Waals surface area contributed by atoms with Crippen molar-refractivity contribution in [3.8, 4) is 0 Å². The van der Waals surface area contributed by atoms with Crippen LogP contribution in [0.25, 0.3) is 0 Å². The van der Waals surface area contributed by atoms with Gasteiger partial charge in [0.05, 0.1) is 12.2 Å². The Kier molecular flexibility index (Phi) is 4.54. The first-order valence-electron chi connectivity index (χ1n) is 9.03. The molecule has 2 aromatic heterocycles. The maximum absolute atomic E-state index is 13.2. The molecule has 0 bridgehead atoms. The Morgan fingerprint density at radius 3 is 2.81 bits per heavy atom. The highest BCUT2D eigenvalue weighted by Crippen LogP contribution is 2.33. The summed E-state index contributed by atoms with van der Waals surface area (Å²) in [5.74, 6) is 1.08. The number of amides is 1. The molecular weight excluding hydrogens is 338 g/mol. The predicted octanol–water partition coefficient (Wildman–Crippen LogP) is 3.38. The molecule has 27 heavy (non-hydrogen) atoms. The highest BCUT2D eigenvalue weighted by molar-refractivity contribution is 6.06. The molecule has 0 saturated heterocycles. The fraction of sp³-hybridized carbons (Fsp3) is 0.238. The van der Waals surface area contributed by atoms with Crippen molar-refractivity contribution in [2.75, 3.05) is 10.2 Å². The summed E-state index contributed by atoms with van der Waals surface area (Å²) in [7, 11) is 0. The lowest BCUT2D eigenvalue weighted by Crippen LogP contribution is -2.36. The summed E-state index contributed by atoms with van der Waals surface area (Å²) in [6.45, 7) is 4.39. The quantitative estimate of drug-likeness (QED) is 0.773. The van der Waals surface area contributed by atoms with E-state index in [1.165, 1.54) is 5.56 Å². The number of anilines is 2. The van der Waals surface area contributed by atoms with Crippen molar-refractivity contribution in [3.05, 3.63) is 77.5 Å². The molecule has 1 amide bonds. The number of fused-ring (bicyclic) bond motifs is 1. The Balaban J connectivity index is 1.58. The molecule has 1 aliphatic rings. The lowest BCUT2D eigenvalue weighted by molar-refractivity contribution is 0.0976. The Morgan fingerprint density at radius 1 is 1.19 bits per heavy atom. The molecule has 1 N–H and O–H groups in total. The molecule has 1 aromatic carbocycles. The number of pyridine rings is 1. The maximum atomic E-state index is 13.2. The first-order chi connectivity index (χ1) is 13.1. The van der Waals surface area contributed by atoms with Crippen molar-refractivity contribution in [2.24, 2.45) is 0 Å². The van der Waals surface area contributed by atoms with Gasteiger partial charge in [-0.25, -0.2) is 9.97 Å². The zero-order chi connectivity index (χ0) is 18.8. The van der Waals surface area contributed by atoms with Gasteiger partial charge in [0.25, 0.3) is 5.91 Å². The number of nitrogens with one attached hydrogen (secondary N) is 1. The zero-order valence-corrected chi connectivity index (χ0v) is 15.4. The molecule has 3 aromatic rings. The van der Waals surface area contributed by atoms with Crippen LogP contribution in [0.5, 0.6) is 0 Å². The van der Waals surface area contributed by atoms with E-state index in [0.717, 1.165) is 17.8 Å². The van der Waals surface area contributed by atoms with Gasteiger partial charge in [-0.2, -0.15) is 0 Å². The monoisotopic (exact) mass is 359 g/mol. The van der Waals surface area contributed by atoms with E-state index in [-0.39, 0.29) is 11.9 Å². The number of hydrogen-bond acceptors (Lipinski definition) is 5. The third kappa shape index (κ3) is 3.51. The summed E-state index contributed by atoms with van der Waals surface area (Å²) in [6.07, 6.45) is 2.61. The second-order valence-electron chi connectivity index (χ2n) is 6.72. The molecule has 0 radical (unpaired) electrons. The molecular formula is C21H21N5O. The van der Waals surface area contributed by atoms with Crippen LogP contribution in [0.3, 0.4) is 0 Å². The molecule has 4 rings (SSSR count). The standard InChI is InChI=1S/C21H21N5O/c1-14-11-16-7-3-4-9-19(16)26(14)21(27)18-12-20(25-15(2)24-18)23-13-17-8-5-6-10-22-17/h3-10,12,14H,11,13H2,1-2H3,(H,23,24,25). The Morgan fingerprint density at radius 2 is 2.00 bits per heavy atom. The Labute approximate surface area is 158 Å². The average Bonchev–Trinajstić information content (AvgIpc) is 3.02. The van der Waals surface area contributed by atoms with Crippen molar-refractivity contribution < 1.29 is 4.79 Å². The van der Waals surface area contributed by atoms with Crippen LogP contribution < -0.4 is 10.2 Å². The molecule has 0 saturated carbocycles. The summed E-state index contributed by atoms with van der Waals surface area (Å²) >= 11 is 0. The largest absolute Gasteiger partial charge is 0.364 e. The molecule has 1 atom stereocenters. The maximum Gasteiger partial charge on any atom is 0.277 e. The van der Waals surface area contributed by atoms with Gasteiger partial charge in [-0.15, -0.1) is 0 Å². The fourth-order valence-electron chi connectivity index (χ4n) is 3.45. The number of nitrogens with zero attached hydrogens (tertiary/aromatic N) is 4. The van der Waals surface area contributed by atoms with Crippen molar-refractivity contribution >= 4 is 17.4 Å². The van der Waals surface area contributed by atoms with Crippen LogP contribution in [0.4, 0.5) is 11.5 Å². The lowest BCUT2D eigenvalue weighted by Gasteiger charge is -2.22. The molecule has 0 fully saturated rings. The number of carbonyl (C=O) groups excluding carboxylic acids is 1. The van der Waals surface area contributed by atoms with Crippen molar-refractivity contribution in [2.45, 2.75) is 32.9 Å². The summed E-state index contributed by atoms with van der Waals surface area (Å²) in [5.41, 5.74) is 3.46. The molecule has 6 heteroatoms. The smallest absolute Gasteiger partial charge is 0.277 e. The highest BCUT2D eigenvalue weighted by Gasteiger charge is 2.32. The third-order valence-electron chi connectivity index (χ3n) is 4.66. The van der Waals surface area contributed by atoms with E-state index in [1.54, 1.807) is 19.2 Å². The zero-order valence-electron chi connectivity index (χ0n) is 15.4. The number of para-hydroxylation sites is 1. The van der Waals surface area contributed by atoms with Gasteiger partial charge in [0.15, 0.2) is 0 Å². The van der Waals surface area contributed by atoms with Gasteiger partial charge in [-0.3, -0.25) is 9.78 Å². The number of hydrogen-bond donors (Lipinski definition) is 1. The topological polar surface area (TPSA) is 71.0 Å². The van der Waals surface area contributed by atoms with E-state index < -0.39 is 0 Å². The van der Waals surface area contributed by atoms with E-state index >= 15 is 0 Å². The Hall–Kier alpha value is -3.28. The first kappa shape index (κ1) is 17.1. The van der Waals surface area contributed by atoms with Gasteiger partial charge in [-0.1, -0.05) is 24.3 Å². The fourth-order valence-corrected chi connectivity index (χ4v) is 3.45. The minimum atomic E-state index is -0.0983. The lowest BCUT2D eigenvalue weighted by atomic mass is 10.1. The van der Waals surface area contributed by atoms with Crippen LogP contribution in [0.15, 0.2) is 54.7 Å².